The van der Waals surface area contributed by atoms with E-state index in [4.69, 9.17) is 4.52 Å². The van der Waals surface area contributed by atoms with E-state index in [1.807, 2.05) is 25.1 Å². The van der Waals surface area contributed by atoms with Crippen molar-refractivity contribution in [2.45, 2.75) is 52.0 Å². The minimum atomic E-state index is -0.00972. The Morgan fingerprint density at radius 3 is 2.57 bits per heavy atom. The monoisotopic (exact) mass is 382 g/mol. The summed E-state index contributed by atoms with van der Waals surface area (Å²) in [5, 5.41) is 4.00. The van der Waals surface area contributed by atoms with Crippen molar-refractivity contribution < 1.29 is 9.32 Å². The van der Waals surface area contributed by atoms with Crippen LogP contribution >= 0.6 is 0 Å². The minimum absolute atomic E-state index is 0.00972. The number of benzene rings is 1. The van der Waals surface area contributed by atoms with Crippen LogP contribution in [-0.4, -0.2) is 52.0 Å². The highest BCUT2D eigenvalue weighted by Crippen LogP contribution is 2.45. The fourth-order valence-corrected chi connectivity index (χ4v) is 4.74. The molecule has 0 saturated carbocycles. The van der Waals surface area contributed by atoms with E-state index < -0.39 is 0 Å². The molecule has 1 amide bonds. The SMILES string of the molecule is CCc1noc(CN2CCC3(CC2)CC(c2ccccc2)C(=O)N(CC)C3)n1. The molecule has 4 rings (SSSR count). The lowest BCUT2D eigenvalue weighted by atomic mass is 9.67. The van der Waals surface area contributed by atoms with Crippen LogP contribution in [0.1, 0.15) is 56.3 Å². The van der Waals surface area contributed by atoms with Crippen LogP contribution in [0, 0.1) is 5.41 Å². The standard InChI is InChI=1S/C22H30N4O2/c1-3-19-23-20(28-24-19)15-25-12-10-22(11-13-25)14-18(17-8-6-5-7-9-17)21(27)26(4-2)16-22/h5-9,18H,3-4,10-16H2,1-2H3. The van der Waals surface area contributed by atoms with Crippen molar-refractivity contribution in [2.75, 3.05) is 26.2 Å². The largest absolute Gasteiger partial charge is 0.342 e. The zero-order valence-corrected chi connectivity index (χ0v) is 16.9. The molecule has 2 aromatic rings. The molecule has 0 aliphatic carbocycles. The number of hydrogen-bond acceptors (Lipinski definition) is 5. The summed E-state index contributed by atoms with van der Waals surface area (Å²) in [7, 11) is 0. The van der Waals surface area contributed by atoms with Crippen molar-refractivity contribution in [2.24, 2.45) is 5.41 Å². The number of rotatable bonds is 5. The predicted molar refractivity (Wildman–Crippen MR) is 107 cm³/mol. The van der Waals surface area contributed by atoms with Crippen LogP contribution in [0.15, 0.2) is 34.9 Å². The molecule has 2 fully saturated rings. The number of nitrogens with zero attached hydrogens (tertiary/aromatic N) is 4. The van der Waals surface area contributed by atoms with Crippen LogP contribution in [0.5, 0.6) is 0 Å². The third-order valence-electron chi connectivity index (χ3n) is 6.46. The Bertz CT molecular complexity index is 796. The Hall–Kier alpha value is -2.21. The van der Waals surface area contributed by atoms with Gasteiger partial charge in [0, 0.05) is 19.5 Å². The highest BCUT2D eigenvalue weighted by atomic mass is 16.5. The fraction of sp³-hybridized carbons (Fsp3) is 0.591. The summed E-state index contributed by atoms with van der Waals surface area (Å²) in [5.41, 5.74) is 1.37. The Morgan fingerprint density at radius 2 is 1.93 bits per heavy atom. The Kier molecular flexibility index (Phi) is 5.49. The molecule has 3 heterocycles. The van der Waals surface area contributed by atoms with E-state index in [-0.39, 0.29) is 11.3 Å². The first-order chi connectivity index (χ1) is 13.6. The van der Waals surface area contributed by atoms with Gasteiger partial charge in [-0.3, -0.25) is 9.69 Å². The van der Waals surface area contributed by atoms with Crippen molar-refractivity contribution >= 4 is 5.91 Å². The second kappa shape index (κ2) is 8.03. The van der Waals surface area contributed by atoms with Gasteiger partial charge in [0.05, 0.1) is 12.5 Å². The summed E-state index contributed by atoms with van der Waals surface area (Å²) in [6, 6.07) is 10.3. The number of aryl methyl sites for hydroxylation is 1. The molecule has 1 aromatic heterocycles. The number of carbonyl (C=O) groups excluding carboxylic acids is 1. The normalized spacial score (nSPS) is 22.7. The molecular formula is C22H30N4O2. The van der Waals surface area contributed by atoms with E-state index in [0.29, 0.717) is 11.8 Å². The predicted octanol–water partition coefficient (Wildman–Crippen LogP) is 3.25. The molecule has 2 aliphatic rings. The lowest BCUT2D eigenvalue weighted by Crippen LogP contribution is -2.53. The van der Waals surface area contributed by atoms with E-state index in [1.165, 1.54) is 0 Å². The molecule has 6 nitrogen and oxygen atoms in total. The van der Waals surface area contributed by atoms with Gasteiger partial charge in [-0.15, -0.1) is 0 Å². The van der Waals surface area contributed by atoms with Gasteiger partial charge >= 0.3 is 0 Å². The van der Waals surface area contributed by atoms with Crippen LogP contribution < -0.4 is 0 Å². The van der Waals surface area contributed by atoms with Gasteiger partial charge in [-0.05, 0) is 50.3 Å². The van der Waals surface area contributed by atoms with E-state index in [9.17, 15) is 4.79 Å². The zero-order chi connectivity index (χ0) is 19.6. The van der Waals surface area contributed by atoms with Crippen LogP contribution in [-0.2, 0) is 17.8 Å². The molecule has 2 aliphatic heterocycles. The molecule has 2 saturated heterocycles. The maximum atomic E-state index is 13.0. The molecule has 1 atom stereocenters. The van der Waals surface area contributed by atoms with Gasteiger partial charge in [-0.1, -0.05) is 42.4 Å². The highest BCUT2D eigenvalue weighted by molar-refractivity contribution is 5.84. The van der Waals surface area contributed by atoms with Crippen molar-refractivity contribution in [3.05, 3.63) is 47.6 Å². The smallest absolute Gasteiger partial charge is 0.240 e. The second-order valence-corrected chi connectivity index (χ2v) is 8.25. The average Bonchev–Trinajstić information content (AvgIpc) is 3.20. The van der Waals surface area contributed by atoms with Crippen LogP contribution in [0.2, 0.25) is 0 Å². The maximum Gasteiger partial charge on any atom is 0.240 e. The first kappa shape index (κ1) is 19.1. The van der Waals surface area contributed by atoms with Crippen LogP contribution in [0.25, 0.3) is 0 Å². The summed E-state index contributed by atoms with van der Waals surface area (Å²) in [5.74, 6) is 1.77. The van der Waals surface area contributed by atoms with Gasteiger partial charge in [0.25, 0.3) is 0 Å². The lowest BCUT2D eigenvalue weighted by Gasteiger charge is -2.49. The number of amides is 1. The Morgan fingerprint density at radius 1 is 1.18 bits per heavy atom. The van der Waals surface area contributed by atoms with Crippen molar-refractivity contribution in [3.63, 3.8) is 0 Å². The Balaban J connectivity index is 1.45. The summed E-state index contributed by atoms with van der Waals surface area (Å²) in [4.78, 5) is 21.9. The third kappa shape index (κ3) is 3.83. The molecule has 6 heteroatoms. The zero-order valence-electron chi connectivity index (χ0n) is 16.9. The lowest BCUT2D eigenvalue weighted by molar-refractivity contribution is -0.141. The number of hydrogen-bond donors (Lipinski definition) is 0. The molecule has 150 valence electrons. The van der Waals surface area contributed by atoms with Gasteiger partial charge in [0.15, 0.2) is 5.82 Å². The summed E-state index contributed by atoms with van der Waals surface area (Å²) in [6.45, 7) is 8.55. The molecule has 1 aromatic carbocycles. The number of piperidine rings is 2. The van der Waals surface area contributed by atoms with Gasteiger partial charge in [0.2, 0.25) is 11.8 Å². The van der Waals surface area contributed by atoms with Crippen molar-refractivity contribution in [1.82, 2.24) is 19.9 Å². The molecule has 1 unspecified atom stereocenters. The molecule has 28 heavy (non-hydrogen) atoms. The number of aromatic nitrogens is 2. The van der Waals surface area contributed by atoms with Crippen molar-refractivity contribution in [3.8, 4) is 0 Å². The van der Waals surface area contributed by atoms with Gasteiger partial charge in [-0.25, -0.2) is 0 Å². The van der Waals surface area contributed by atoms with Gasteiger partial charge < -0.3 is 9.42 Å². The quantitative estimate of drug-likeness (QED) is 0.794. The number of likely N-dealkylation sites (N-methyl/N-ethyl adjacent to an activating group) is 1. The Labute approximate surface area is 166 Å². The first-order valence-electron chi connectivity index (χ1n) is 10.5. The minimum Gasteiger partial charge on any atom is -0.342 e. The van der Waals surface area contributed by atoms with Crippen LogP contribution in [0.4, 0.5) is 0 Å². The molecule has 0 radical (unpaired) electrons. The molecule has 0 bridgehead atoms. The van der Waals surface area contributed by atoms with Crippen molar-refractivity contribution in [1.29, 1.82) is 0 Å². The van der Waals surface area contributed by atoms with E-state index >= 15 is 0 Å². The van der Waals surface area contributed by atoms with E-state index in [1.54, 1.807) is 0 Å². The first-order valence-corrected chi connectivity index (χ1v) is 10.5. The van der Waals surface area contributed by atoms with Gasteiger partial charge in [0.1, 0.15) is 0 Å². The molecule has 1 spiro atoms. The maximum absolute atomic E-state index is 13.0. The molecular weight excluding hydrogens is 352 g/mol. The second-order valence-electron chi connectivity index (χ2n) is 8.25. The number of carbonyl (C=O) groups is 1. The fourth-order valence-electron chi connectivity index (χ4n) is 4.74. The third-order valence-corrected chi connectivity index (χ3v) is 6.46. The van der Waals surface area contributed by atoms with E-state index in [2.05, 4.69) is 39.0 Å². The summed E-state index contributed by atoms with van der Waals surface area (Å²) < 4.78 is 5.36. The van der Waals surface area contributed by atoms with E-state index in [0.717, 1.165) is 69.8 Å². The summed E-state index contributed by atoms with van der Waals surface area (Å²) in [6.07, 6.45) is 3.97. The summed E-state index contributed by atoms with van der Waals surface area (Å²) >= 11 is 0. The topological polar surface area (TPSA) is 62.5 Å². The van der Waals surface area contributed by atoms with Crippen LogP contribution in [0.3, 0.4) is 0 Å². The highest BCUT2D eigenvalue weighted by Gasteiger charge is 2.45. The number of likely N-dealkylation sites (tertiary alicyclic amines) is 2. The molecule has 0 N–H and O–H groups in total. The van der Waals surface area contributed by atoms with Gasteiger partial charge in [-0.2, -0.15) is 4.98 Å². The average molecular weight is 383 g/mol.